The van der Waals surface area contributed by atoms with E-state index >= 15 is 0 Å². The third-order valence-electron chi connectivity index (χ3n) is 4.28. The molecule has 0 atom stereocenters. The summed E-state index contributed by atoms with van der Waals surface area (Å²) in [5, 5.41) is 12.8. The van der Waals surface area contributed by atoms with Crippen LogP contribution < -0.4 is 4.74 Å². The molecule has 0 amide bonds. The van der Waals surface area contributed by atoms with E-state index in [0.29, 0.717) is 18.1 Å². The minimum absolute atomic E-state index is 0.617. The first-order chi connectivity index (χ1) is 12.2. The summed E-state index contributed by atoms with van der Waals surface area (Å²) in [7, 11) is 0. The average molecular weight is 341 g/mol. The molecule has 0 N–H and O–H groups in total. The van der Waals surface area contributed by atoms with Gasteiger partial charge >= 0.3 is 0 Å². The quantitative estimate of drug-likeness (QED) is 0.793. The third kappa shape index (κ3) is 5.28. The lowest BCUT2D eigenvalue weighted by Gasteiger charge is -2.21. The molecule has 3 rings (SSSR count). The largest absolute Gasteiger partial charge is 0.492 e. The zero-order valence-corrected chi connectivity index (χ0v) is 14.5. The lowest BCUT2D eigenvalue weighted by Crippen LogP contribution is -2.33. The minimum atomic E-state index is 0.617. The van der Waals surface area contributed by atoms with Crippen molar-refractivity contribution in [1.82, 2.24) is 19.9 Å². The van der Waals surface area contributed by atoms with Crippen molar-refractivity contribution in [3.8, 4) is 11.8 Å². The summed E-state index contributed by atoms with van der Waals surface area (Å²) in [5.41, 5.74) is 0.650. The predicted octanol–water partition coefficient (Wildman–Crippen LogP) is 1.84. The van der Waals surface area contributed by atoms with E-state index in [9.17, 15) is 0 Å². The SMILES string of the molecule is Cc1nc(CN2CCCN(CCOc3ccc(C#N)cc3)CC2)no1. The molecule has 0 aliphatic carbocycles. The Morgan fingerprint density at radius 2 is 1.92 bits per heavy atom. The van der Waals surface area contributed by atoms with Crippen LogP contribution in [0.15, 0.2) is 28.8 Å². The van der Waals surface area contributed by atoms with Gasteiger partial charge in [-0.25, -0.2) is 0 Å². The van der Waals surface area contributed by atoms with Gasteiger partial charge in [0.15, 0.2) is 5.82 Å². The topological polar surface area (TPSA) is 78.4 Å². The Hall–Kier alpha value is -2.43. The second-order valence-electron chi connectivity index (χ2n) is 6.19. The number of benzene rings is 1. The van der Waals surface area contributed by atoms with Crippen LogP contribution in [0.25, 0.3) is 0 Å². The molecule has 0 radical (unpaired) electrons. The van der Waals surface area contributed by atoms with Crippen LogP contribution in [0.2, 0.25) is 0 Å². The van der Waals surface area contributed by atoms with Crippen molar-refractivity contribution in [3.05, 3.63) is 41.5 Å². The standard InChI is InChI=1S/C18H23N5O2/c1-15-20-18(21-25-15)14-23-8-2-7-22(9-10-23)11-12-24-17-5-3-16(13-19)4-6-17/h3-6H,2,7-12,14H2,1H3. The average Bonchev–Trinajstić information content (AvgIpc) is 2.90. The van der Waals surface area contributed by atoms with Gasteiger partial charge in [0.2, 0.25) is 5.89 Å². The zero-order valence-electron chi connectivity index (χ0n) is 14.5. The number of hydrogen-bond donors (Lipinski definition) is 0. The molecule has 7 heteroatoms. The van der Waals surface area contributed by atoms with Gasteiger partial charge in [-0.2, -0.15) is 10.2 Å². The van der Waals surface area contributed by atoms with Gasteiger partial charge in [-0.15, -0.1) is 0 Å². The van der Waals surface area contributed by atoms with E-state index < -0.39 is 0 Å². The number of ether oxygens (including phenoxy) is 1. The number of hydrogen-bond acceptors (Lipinski definition) is 7. The van der Waals surface area contributed by atoms with Crippen LogP contribution in [-0.4, -0.2) is 59.3 Å². The molecule has 1 aromatic carbocycles. The van der Waals surface area contributed by atoms with Crippen molar-refractivity contribution in [3.63, 3.8) is 0 Å². The van der Waals surface area contributed by atoms with Gasteiger partial charge in [0.1, 0.15) is 12.4 Å². The highest BCUT2D eigenvalue weighted by molar-refractivity contribution is 5.34. The van der Waals surface area contributed by atoms with E-state index in [0.717, 1.165) is 57.3 Å². The number of nitrogens with zero attached hydrogens (tertiary/aromatic N) is 5. The Morgan fingerprint density at radius 3 is 2.64 bits per heavy atom. The highest BCUT2D eigenvalue weighted by Gasteiger charge is 2.16. The molecule has 1 saturated heterocycles. The minimum Gasteiger partial charge on any atom is -0.492 e. The van der Waals surface area contributed by atoms with Crippen LogP contribution in [0, 0.1) is 18.3 Å². The van der Waals surface area contributed by atoms with Gasteiger partial charge in [0.05, 0.1) is 18.2 Å². The van der Waals surface area contributed by atoms with Crippen molar-refractivity contribution in [2.45, 2.75) is 19.9 Å². The van der Waals surface area contributed by atoms with Crippen LogP contribution >= 0.6 is 0 Å². The Bertz CT molecular complexity index is 707. The maximum Gasteiger partial charge on any atom is 0.223 e. The number of rotatable bonds is 6. The van der Waals surface area contributed by atoms with Gasteiger partial charge < -0.3 is 9.26 Å². The summed E-state index contributed by atoms with van der Waals surface area (Å²) >= 11 is 0. The van der Waals surface area contributed by atoms with E-state index in [1.807, 2.05) is 19.1 Å². The molecule has 2 heterocycles. The summed E-state index contributed by atoms with van der Waals surface area (Å²) in [6.07, 6.45) is 1.12. The number of nitriles is 1. The molecule has 7 nitrogen and oxygen atoms in total. The molecule has 1 aliphatic rings. The van der Waals surface area contributed by atoms with Gasteiger partial charge in [-0.1, -0.05) is 5.16 Å². The molecule has 25 heavy (non-hydrogen) atoms. The summed E-state index contributed by atoms with van der Waals surface area (Å²) in [6.45, 7) is 8.21. The van der Waals surface area contributed by atoms with E-state index in [4.69, 9.17) is 14.5 Å². The van der Waals surface area contributed by atoms with Crippen molar-refractivity contribution < 1.29 is 9.26 Å². The normalized spacial score (nSPS) is 16.3. The fourth-order valence-electron chi connectivity index (χ4n) is 2.93. The Labute approximate surface area is 147 Å². The maximum absolute atomic E-state index is 8.80. The van der Waals surface area contributed by atoms with E-state index in [1.165, 1.54) is 0 Å². The molecule has 0 unspecified atom stereocenters. The Balaban J connectivity index is 1.39. The van der Waals surface area contributed by atoms with Crippen molar-refractivity contribution >= 4 is 0 Å². The summed E-state index contributed by atoms with van der Waals surface area (Å²) in [5.74, 6) is 2.18. The highest BCUT2D eigenvalue weighted by atomic mass is 16.5. The highest BCUT2D eigenvalue weighted by Crippen LogP contribution is 2.12. The predicted molar refractivity (Wildman–Crippen MR) is 92.0 cm³/mol. The molecule has 1 aliphatic heterocycles. The van der Waals surface area contributed by atoms with Gasteiger partial charge in [0.25, 0.3) is 0 Å². The van der Waals surface area contributed by atoms with E-state index in [1.54, 1.807) is 12.1 Å². The van der Waals surface area contributed by atoms with Crippen LogP contribution in [0.5, 0.6) is 5.75 Å². The Kier molecular flexibility index (Phi) is 5.99. The molecular formula is C18H23N5O2. The summed E-state index contributed by atoms with van der Waals surface area (Å²) < 4.78 is 10.8. The van der Waals surface area contributed by atoms with Crippen molar-refractivity contribution in [2.24, 2.45) is 0 Å². The number of aromatic nitrogens is 2. The van der Waals surface area contributed by atoms with Gasteiger partial charge in [-0.05, 0) is 43.8 Å². The summed E-state index contributed by atoms with van der Waals surface area (Å²) in [6, 6.07) is 9.35. The molecule has 0 saturated carbocycles. The zero-order chi connectivity index (χ0) is 17.5. The van der Waals surface area contributed by atoms with Crippen LogP contribution in [-0.2, 0) is 6.54 Å². The van der Waals surface area contributed by atoms with Crippen LogP contribution in [0.1, 0.15) is 23.7 Å². The first-order valence-corrected chi connectivity index (χ1v) is 8.60. The monoisotopic (exact) mass is 341 g/mol. The van der Waals surface area contributed by atoms with E-state index in [-0.39, 0.29) is 0 Å². The molecule has 132 valence electrons. The lowest BCUT2D eigenvalue weighted by molar-refractivity contribution is 0.206. The smallest absolute Gasteiger partial charge is 0.223 e. The second-order valence-corrected chi connectivity index (χ2v) is 6.19. The molecule has 0 bridgehead atoms. The van der Waals surface area contributed by atoms with Gasteiger partial charge in [0, 0.05) is 26.6 Å². The second kappa shape index (κ2) is 8.60. The molecule has 2 aromatic rings. The molecular weight excluding hydrogens is 318 g/mol. The van der Waals surface area contributed by atoms with Crippen LogP contribution in [0.4, 0.5) is 0 Å². The van der Waals surface area contributed by atoms with Crippen molar-refractivity contribution in [1.29, 1.82) is 5.26 Å². The fourth-order valence-corrected chi connectivity index (χ4v) is 2.93. The first-order valence-electron chi connectivity index (χ1n) is 8.60. The summed E-state index contributed by atoms with van der Waals surface area (Å²) in [4.78, 5) is 9.07. The molecule has 1 fully saturated rings. The Morgan fingerprint density at radius 1 is 1.16 bits per heavy atom. The lowest BCUT2D eigenvalue weighted by atomic mass is 10.2. The number of aryl methyl sites for hydroxylation is 1. The van der Waals surface area contributed by atoms with Crippen LogP contribution in [0.3, 0.4) is 0 Å². The van der Waals surface area contributed by atoms with Gasteiger partial charge in [-0.3, -0.25) is 9.80 Å². The third-order valence-corrected chi connectivity index (χ3v) is 4.28. The first kappa shape index (κ1) is 17.4. The van der Waals surface area contributed by atoms with E-state index in [2.05, 4.69) is 26.0 Å². The maximum atomic E-state index is 8.80. The molecule has 1 aromatic heterocycles. The molecule has 0 spiro atoms. The van der Waals surface area contributed by atoms with Crippen molar-refractivity contribution in [2.75, 3.05) is 39.3 Å². The fraction of sp³-hybridized carbons (Fsp3) is 0.500.